The predicted octanol–water partition coefficient (Wildman–Crippen LogP) is 5.58. The van der Waals surface area contributed by atoms with E-state index in [1.807, 2.05) is 29.7 Å². The van der Waals surface area contributed by atoms with Crippen LogP contribution in [0.15, 0.2) is 60.7 Å². The Morgan fingerprint density at radius 2 is 1.91 bits per heavy atom. The topological polar surface area (TPSA) is 71.3 Å². The van der Waals surface area contributed by atoms with Gasteiger partial charge >= 0.3 is 5.97 Å². The zero-order chi connectivity index (χ0) is 24.5. The average molecular weight is 473 g/mol. The highest BCUT2D eigenvalue weighted by atomic mass is 19.1. The number of carboxylic acid groups (broad SMARTS) is 1. The molecule has 2 N–H and O–H groups in total. The number of amides is 1. The van der Waals surface area contributed by atoms with E-state index >= 15 is 0 Å². The van der Waals surface area contributed by atoms with E-state index < -0.39 is 12.0 Å². The van der Waals surface area contributed by atoms with Crippen molar-refractivity contribution >= 4 is 33.6 Å². The highest BCUT2D eigenvalue weighted by Gasteiger charge is 2.30. The van der Waals surface area contributed by atoms with Crippen molar-refractivity contribution in [3.05, 3.63) is 83.3 Å². The minimum Gasteiger partial charge on any atom is -0.480 e. The van der Waals surface area contributed by atoms with Crippen LogP contribution in [-0.4, -0.2) is 27.6 Å². The van der Waals surface area contributed by atoms with Gasteiger partial charge in [0.1, 0.15) is 11.9 Å². The number of nitrogens with one attached hydrogen (secondary N) is 1. The quantitative estimate of drug-likeness (QED) is 0.369. The van der Waals surface area contributed by atoms with Gasteiger partial charge in [-0.3, -0.25) is 4.79 Å². The summed E-state index contributed by atoms with van der Waals surface area (Å²) in [5.74, 6) is -1.24. The number of aryl methyl sites for hydroxylation is 1. The van der Waals surface area contributed by atoms with Crippen molar-refractivity contribution in [2.24, 2.45) is 0 Å². The van der Waals surface area contributed by atoms with Crippen LogP contribution in [0, 0.1) is 5.82 Å². The van der Waals surface area contributed by atoms with Gasteiger partial charge in [0, 0.05) is 29.1 Å². The summed E-state index contributed by atoms with van der Waals surface area (Å²) in [5, 5.41) is 16.1. The minimum atomic E-state index is -0.889. The Morgan fingerprint density at radius 1 is 1.11 bits per heavy atom. The molecule has 1 amide bonds. The number of benzene rings is 3. The van der Waals surface area contributed by atoms with Crippen LogP contribution in [0.4, 0.5) is 4.39 Å². The van der Waals surface area contributed by atoms with Gasteiger partial charge < -0.3 is 15.0 Å². The maximum absolute atomic E-state index is 14.1. The van der Waals surface area contributed by atoms with Crippen molar-refractivity contribution in [1.82, 2.24) is 9.88 Å². The second-order valence-electron chi connectivity index (χ2n) is 9.36. The number of hydrogen-bond acceptors (Lipinski definition) is 2. The summed E-state index contributed by atoms with van der Waals surface area (Å²) in [6, 6.07) is 18.1. The van der Waals surface area contributed by atoms with Crippen molar-refractivity contribution in [3.8, 4) is 0 Å². The highest BCUT2D eigenvalue weighted by molar-refractivity contribution is 5.89. The number of aliphatic carboxylic acids is 1. The summed E-state index contributed by atoms with van der Waals surface area (Å²) in [7, 11) is 0. The van der Waals surface area contributed by atoms with Gasteiger partial charge in [0.15, 0.2) is 0 Å². The Hall–Kier alpha value is -3.67. The molecule has 4 aromatic rings. The summed E-state index contributed by atoms with van der Waals surface area (Å²) < 4.78 is 16.0. The summed E-state index contributed by atoms with van der Waals surface area (Å²) >= 11 is 0. The molecule has 35 heavy (non-hydrogen) atoms. The molecule has 0 saturated heterocycles. The van der Waals surface area contributed by atoms with Gasteiger partial charge in [0.05, 0.1) is 0 Å². The Labute approximate surface area is 203 Å². The van der Waals surface area contributed by atoms with Crippen LogP contribution in [0.5, 0.6) is 0 Å². The molecule has 0 aliphatic heterocycles. The zero-order valence-electron chi connectivity index (χ0n) is 19.8. The van der Waals surface area contributed by atoms with Crippen LogP contribution in [0.2, 0.25) is 0 Å². The summed E-state index contributed by atoms with van der Waals surface area (Å²) in [5.41, 5.74) is 3.79. The highest BCUT2D eigenvalue weighted by Crippen LogP contribution is 2.36. The van der Waals surface area contributed by atoms with Gasteiger partial charge in [-0.15, -0.1) is 0 Å². The van der Waals surface area contributed by atoms with Gasteiger partial charge in [0.25, 0.3) is 0 Å². The van der Waals surface area contributed by atoms with E-state index in [4.69, 9.17) is 0 Å². The molecule has 0 bridgehead atoms. The molecule has 0 radical (unpaired) electrons. The zero-order valence-corrected chi connectivity index (χ0v) is 19.8. The number of carbonyl (C=O) groups is 2. The molecule has 6 heteroatoms. The lowest BCUT2D eigenvalue weighted by molar-refractivity contribution is -0.141. The summed E-state index contributed by atoms with van der Waals surface area (Å²) in [4.78, 5) is 24.8. The number of fused-ring (bicyclic) bond motifs is 4. The SMILES string of the molecule is CCC(C(=O)O)n1c2c(c3cc(F)ccc31)C[C@@H](NC(=O)CCc1cccc3ccccc13)CC2. The number of nitrogens with zero attached hydrogens (tertiary/aromatic N) is 1. The average Bonchev–Trinajstić information content (AvgIpc) is 3.16. The van der Waals surface area contributed by atoms with Gasteiger partial charge in [-0.1, -0.05) is 49.4 Å². The van der Waals surface area contributed by atoms with E-state index in [9.17, 15) is 19.1 Å². The number of carboxylic acids is 1. The smallest absolute Gasteiger partial charge is 0.326 e. The van der Waals surface area contributed by atoms with Crippen molar-refractivity contribution in [3.63, 3.8) is 0 Å². The van der Waals surface area contributed by atoms with Crippen LogP contribution in [0.1, 0.15) is 49.0 Å². The Kier molecular flexibility index (Phi) is 6.29. The molecule has 0 fully saturated rings. The lowest BCUT2D eigenvalue weighted by Gasteiger charge is -2.26. The Morgan fingerprint density at radius 3 is 2.71 bits per heavy atom. The minimum absolute atomic E-state index is 0.00160. The third-order valence-corrected chi connectivity index (χ3v) is 7.21. The fourth-order valence-electron chi connectivity index (χ4n) is 5.57. The fourth-order valence-corrected chi connectivity index (χ4v) is 5.57. The number of hydrogen-bond donors (Lipinski definition) is 2. The monoisotopic (exact) mass is 472 g/mol. The number of halogens is 1. The van der Waals surface area contributed by atoms with Gasteiger partial charge in [-0.25, -0.2) is 9.18 Å². The molecule has 2 atom stereocenters. The Balaban J connectivity index is 1.34. The second-order valence-corrected chi connectivity index (χ2v) is 9.36. The van der Waals surface area contributed by atoms with Crippen molar-refractivity contribution in [2.45, 2.75) is 57.5 Å². The molecule has 0 spiro atoms. The standard InChI is InChI=1S/C29H29FN2O3/c1-2-25(29(34)35)32-26-13-11-20(30)16-23(26)24-17-21(12-14-27(24)32)31-28(33)15-10-19-8-5-7-18-6-3-4-9-22(18)19/h3-9,11,13,16,21,25H,2,10,12,14-15,17H2,1H3,(H,31,33)(H,34,35)/t21-,25?/m0/s1. The van der Waals surface area contributed by atoms with Crippen LogP contribution in [0.25, 0.3) is 21.7 Å². The molecule has 180 valence electrons. The molecule has 5 nitrogen and oxygen atoms in total. The molecule has 1 aromatic heterocycles. The molecule has 1 aliphatic carbocycles. The Bertz CT molecular complexity index is 1420. The van der Waals surface area contributed by atoms with E-state index in [2.05, 4.69) is 29.6 Å². The number of rotatable bonds is 7. The van der Waals surface area contributed by atoms with Crippen LogP contribution >= 0.6 is 0 Å². The maximum atomic E-state index is 14.1. The molecule has 1 unspecified atom stereocenters. The largest absolute Gasteiger partial charge is 0.480 e. The normalized spacial score (nSPS) is 16.2. The van der Waals surface area contributed by atoms with Gasteiger partial charge in [-0.2, -0.15) is 0 Å². The van der Waals surface area contributed by atoms with E-state index in [-0.39, 0.29) is 17.8 Å². The first-order chi connectivity index (χ1) is 17.0. The molecule has 1 aliphatic rings. The molecule has 0 saturated carbocycles. The van der Waals surface area contributed by atoms with Crippen LogP contribution in [-0.2, 0) is 28.9 Å². The number of carbonyl (C=O) groups excluding carboxylic acids is 1. The van der Waals surface area contributed by atoms with E-state index in [0.717, 1.165) is 34.1 Å². The van der Waals surface area contributed by atoms with Crippen molar-refractivity contribution in [2.75, 3.05) is 0 Å². The number of aromatic nitrogens is 1. The van der Waals surface area contributed by atoms with Crippen LogP contribution in [0.3, 0.4) is 0 Å². The van der Waals surface area contributed by atoms with E-state index in [1.165, 1.54) is 22.9 Å². The summed E-state index contributed by atoms with van der Waals surface area (Å²) in [6.07, 6.45) is 3.43. The molecule has 3 aromatic carbocycles. The molecular formula is C29H29FN2O3. The fraction of sp³-hybridized carbons (Fsp3) is 0.310. The lowest BCUT2D eigenvalue weighted by atomic mass is 9.91. The van der Waals surface area contributed by atoms with Crippen molar-refractivity contribution < 1.29 is 19.1 Å². The maximum Gasteiger partial charge on any atom is 0.326 e. The first-order valence-electron chi connectivity index (χ1n) is 12.3. The third-order valence-electron chi connectivity index (χ3n) is 7.21. The third kappa shape index (κ3) is 4.41. The van der Waals surface area contributed by atoms with Gasteiger partial charge in [0.2, 0.25) is 5.91 Å². The summed E-state index contributed by atoms with van der Waals surface area (Å²) in [6.45, 7) is 1.85. The van der Waals surface area contributed by atoms with Crippen molar-refractivity contribution in [1.29, 1.82) is 0 Å². The first-order valence-corrected chi connectivity index (χ1v) is 12.3. The van der Waals surface area contributed by atoms with E-state index in [0.29, 0.717) is 32.1 Å². The predicted molar refractivity (Wildman–Crippen MR) is 135 cm³/mol. The second kappa shape index (κ2) is 9.53. The van der Waals surface area contributed by atoms with Crippen LogP contribution < -0.4 is 5.32 Å². The molecule has 5 rings (SSSR count). The lowest BCUT2D eigenvalue weighted by Crippen LogP contribution is -2.39. The first kappa shape index (κ1) is 23.1. The van der Waals surface area contributed by atoms with Gasteiger partial charge in [-0.05, 0) is 72.2 Å². The molecular weight excluding hydrogens is 443 g/mol. The molecule has 1 heterocycles. The van der Waals surface area contributed by atoms with E-state index in [1.54, 1.807) is 6.07 Å².